The maximum Gasteiger partial charge on any atom is 1.00 e. The van der Waals surface area contributed by atoms with Crippen LogP contribution in [0.4, 0.5) is 0 Å². The fraction of sp³-hybridized carbons (Fsp3) is 0. The molecule has 0 amide bonds. The molecule has 0 aromatic heterocycles. The van der Waals surface area contributed by atoms with E-state index in [2.05, 4.69) is 0 Å². The van der Waals surface area contributed by atoms with E-state index >= 15 is 0 Å². The van der Waals surface area contributed by atoms with Gasteiger partial charge in [-0.1, -0.05) is 0 Å². The van der Waals surface area contributed by atoms with E-state index in [4.69, 9.17) is 22.6 Å². The summed E-state index contributed by atoms with van der Waals surface area (Å²) in [5.41, 5.74) is 0. The van der Waals surface area contributed by atoms with E-state index in [-0.39, 0.29) is 29.6 Å². The van der Waals surface area contributed by atoms with Crippen LogP contribution in [-0.4, -0.2) is 13.3 Å². The Morgan fingerprint density at radius 2 is 1.38 bits per heavy atom. The average molecular weight is 173 g/mol. The van der Waals surface area contributed by atoms with E-state index in [1.807, 2.05) is 0 Å². The zero-order valence-electron chi connectivity index (χ0n) is 3.91. The van der Waals surface area contributed by atoms with Crippen LogP contribution in [0.25, 0.3) is 0 Å². The van der Waals surface area contributed by atoms with Gasteiger partial charge in [-0.2, -0.15) is 4.21 Å². The first-order valence-corrected chi connectivity index (χ1v) is 2.52. The van der Waals surface area contributed by atoms with Gasteiger partial charge in [-0.15, -0.1) is 0 Å². The molecule has 0 atom stereocenters. The Morgan fingerprint density at radius 1 is 1.38 bits per heavy atom. The molecule has 0 saturated carbocycles. The zero-order chi connectivity index (χ0) is 6.28. The fourth-order valence-corrected chi connectivity index (χ4v) is 0. The maximum atomic E-state index is 8.67. The molecule has 0 fully saturated rings. The van der Waals surface area contributed by atoms with Crippen molar-refractivity contribution in [3.63, 3.8) is 0 Å². The number of rotatable bonds is 0. The molecule has 46 valence electrons. The van der Waals surface area contributed by atoms with Gasteiger partial charge in [-0.3, -0.25) is 9.11 Å². The summed E-state index contributed by atoms with van der Waals surface area (Å²) in [4.78, 5) is 0. The quantitative estimate of drug-likeness (QED) is 0.280. The monoisotopic (exact) mass is 172 g/mol. The number of hydrogen-bond donors (Lipinski definition) is 2. The van der Waals surface area contributed by atoms with E-state index in [0.717, 1.165) is 0 Å². The summed E-state index contributed by atoms with van der Waals surface area (Å²) in [7, 11) is 0. The summed E-state index contributed by atoms with van der Waals surface area (Å²) in [5.74, 6) is 0. The van der Waals surface area contributed by atoms with Crippen LogP contribution >= 0.6 is 0 Å². The van der Waals surface area contributed by atoms with Gasteiger partial charge < -0.3 is 9.32 Å². The molecule has 0 spiro atoms. The Labute approximate surface area is 74.6 Å². The Hall–Kier alpha value is 1.28. The van der Waals surface area contributed by atoms with Crippen molar-refractivity contribution in [3.8, 4) is 0 Å². The van der Waals surface area contributed by atoms with Crippen LogP contribution in [0.2, 0.25) is 0 Å². The summed E-state index contributed by atoms with van der Waals surface area (Å²) in [5, 5.41) is 0. The van der Waals surface area contributed by atoms with E-state index in [9.17, 15) is 0 Å². The molecule has 0 rings (SSSR count). The maximum absolute atomic E-state index is 8.67. The molecule has 0 aromatic carbocycles. The minimum Gasteiger partial charge on any atom is -0.544 e. The van der Waals surface area contributed by atoms with Crippen LogP contribution in [0.3, 0.4) is 0 Å². The fourth-order valence-electron chi connectivity index (χ4n) is 0. The molecule has 0 heterocycles. The van der Waals surface area contributed by atoms with Gasteiger partial charge in [-0.25, -0.2) is 0 Å². The third-order valence-corrected chi connectivity index (χ3v) is 0. The van der Waals surface area contributed by atoms with Crippen LogP contribution in [0.1, 0.15) is 0 Å². The largest absolute Gasteiger partial charge is 1.00 e. The van der Waals surface area contributed by atoms with Gasteiger partial charge in [-0.05, 0) is 0 Å². The minimum atomic E-state index is -2.61. The molecule has 0 aliphatic rings. The van der Waals surface area contributed by atoms with Crippen LogP contribution < -0.4 is 38.9 Å². The number of halogens is 1. The Balaban J connectivity index is -0.0000000575. The molecule has 0 radical (unpaired) electrons. The summed E-state index contributed by atoms with van der Waals surface area (Å²) in [6.45, 7) is 0. The average Bonchev–Trinajstić information content (AvgIpc) is 1.33. The Morgan fingerprint density at radius 3 is 1.38 bits per heavy atom. The number of hydrogen-bond acceptors (Lipinski definition) is 3. The second-order valence-corrected chi connectivity index (χ2v) is 0.881. The van der Waals surface area contributed by atoms with Gasteiger partial charge in [0.15, 0.2) is 0 Å². The molecule has 2 N–H and O–H groups in total. The first kappa shape index (κ1) is 16.1. The van der Waals surface area contributed by atoms with Crippen LogP contribution in [0.15, 0.2) is 0 Å². The standard InChI is InChI=1S/ClO2.Na.H2O3S/c2-1-3;;1-4(2)3/h;;(H2,1,2,3)/q-1;+1;. The van der Waals surface area contributed by atoms with Crippen LogP contribution in [0, 0.1) is 11.3 Å². The topological polar surface area (TPSA) is 104 Å². The predicted octanol–water partition coefficient (Wildman–Crippen LogP) is -5.69. The van der Waals surface area contributed by atoms with E-state index < -0.39 is 22.7 Å². The van der Waals surface area contributed by atoms with Gasteiger partial charge in [0.05, 0.1) is 11.3 Å². The van der Waals surface area contributed by atoms with Crippen molar-refractivity contribution in [2.75, 3.05) is 0 Å². The normalized spacial score (nSPS) is 6.62. The van der Waals surface area contributed by atoms with Gasteiger partial charge in [0, 0.05) is 0 Å². The summed E-state index contributed by atoms with van der Waals surface area (Å²) in [6.07, 6.45) is 0. The van der Waals surface area contributed by atoms with Crippen molar-refractivity contribution in [2.24, 2.45) is 0 Å². The van der Waals surface area contributed by atoms with E-state index in [1.165, 1.54) is 0 Å². The van der Waals surface area contributed by atoms with Crippen molar-refractivity contribution in [1.82, 2.24) is 0 Å². The van der Waals surface area contributed by atoms with Crippen molar-refractivity contribution < 1.29 is 63.5 Å². The summed E-state index contributed by atoms with van der Waals surface area (Å²) < 4.78 is 39.3. The molecule has 8 heteroatoms. The Kier molecular flexibility index (Phi) is 31.7. The first-order chi connectivity index (χ1) is 3.15. The molecule has 0 saturated heterocycles. The summed E-state index contributed by atoms with van der Waals surface area (Å²) in [6, 6.07) is 0. The van der Waals surface area contributed by atoms with Gasteiger partial charge >= 0.3 is 29.6 Å². The minimum absolute atomic E-state index is 0. The van der Waals surface area contributed by atoms with Crippen molar-refractivity contribution in [2.45, 2.75) is 0 Å². The van der Waals surface area contributed by atoms with Gasteiger partial charge in [0.2, 0.25) is 0 Å². The Bertz CT molecular complexity index is 43.7. The van der Waals surface area contributed by atoms with Crippen LogP contribution in [-0.2, 0) is 11.4 Å². The molecule has 8 heavy (non-hydrogen) atoms. The third-order valence-electron chi connectivity index (χ3n) is 0. The van der Waals surface area contributed by atoms with Crippen molar-refractivity contribution >= 4 is 11.4 Å². The molecular weight excluding hydrogens is 171 g/mol. The molecule has 0 aliphatic heterocycles. The molecule has 0 unspecified atom stereocenters. The van der Waals surface area contributed by atoms with Crippen molar-refractivity contribution in [3.05, 3.63) is 0 Å². The van der Waals surface area contributed by atoms with Gasteiger partial charge in [0.25, 0.3) is 11.4 Å². The van der Waals surface area contributed by atoms with Gasteiger partial charge in [0.1, 0.15) is 0 Å². The molecule has 0 bridgehead atoms. The molecule has 0 aliphatic carbocycles. The second-order valence-electron chi connectivity index (χ2n) is 0.294. The third kappa shape index (κ3) is 175. The van der Waals surface area contributed by atoms with E-state index in [1.54, 1.807) is 0 Å². The second kappa shape index (κ2) is 15.7. The summed E-state index contributed by atoms with van der Waals surface area (Å²) >= 11 is -3.03. The SMILES string of the molecule is O=S(O)O.[Na+].[O-][Cl+][O-]. The van der Waals surface area contributed by atoms with Crippen molar-refractivity contribution in [1.29, 1.82) is 0 Å². The smallest absolute Gasteiger partial charge is 0.544 e. The first-order valence-electron chi connectivity index (χ1n) is 0.840. The molecular formula is H2ClNaO5S. The van der Waals surface area contributed by atoms with Crippen LogP contribution in [0.5, 0.6) is 0 Å². The van der Waals surface area contributed by atoms with E-state index in [0.29, 0.717) is 0 Å². The predicted molar refractivity (Wildman–Crippen MR) is 13.4 cm³/mol. The molecule has 0 aromatic rings. The molecule has 5 nitrogen and oxygen atoms in total. The zero-order valence-corrected chi connectivity index (χ0v) is 7.48.